The highest BCUT2D eigenvalue weighted by molar-refractivity contribution is 6.31. The number of ketones is 1. The molecule has 0 aliphatic rings. The van der Waals surface area contributed by atoms with Gasteiger partial charge in [-0.1, -0.05) is 38.4 Å². The van der Waals surface area contributed by atoms with E-state index >= 15 is 0 Å². The van der Waals surface area contributed by atoms with Crippen molar-refractivity contribution in [3.63, 3.8) is 0 Å². The number of hydrogen-bond donors (Lipinski definition) is 1. The summed E-state index contributed by atoms with van der Waals surface area (Å²) in [6, 6.07) is 3.49. The molecule has 3 aromatic rings. The summed E-state index contributed by atoms with van der Waals surface area (Å²) in [6.07, 6.45) is 0.793. The van der Waals surface area contributed by atoms with Crippen molar-refractivity contribution in [3.05, 3.63) is 75.2 Å². The van der Waals surface area contributed by atoms with Gasteiger partial charge in [0.1, 0.15) is 18.7 Å². The minimum Gasteiger partial charge on any atom is -0.479 e. The molecule has 8 nitrogen and oxygen atoms in total. The minimum absolute atomic E-state index is 0.00973. The first kappa shape index (κ1) is 31.6. The van der Waals surface area contributed by atoms with E-state index in [9.17, 15) is 36.7 Å². The number of aromatic nitrogens is 1. The SMILES string of the molecule is CCC(C(=O)NC(CC(=O)OCC(C)C)C(=O)COc1c(F)c(F)cc(F)c1F)n1ccc2ccc(Cl)cc2c1=O. The van der Waals surface area contributed by atoms with Gasteiger partial charge < -0.3 is 19.4 Å². The number of carbonyl (C=O) groups is 3. The normalized spacial score (nSPS) is 12.7. The summed E-state index contributed by atoms with van der Waals surface area (Å²) in [6.45, 7) is 4.00. The first-order chi connectivity index (χ1) is 19.3. The predicted octanol–water partition coefficient (Wildman–Crippen LogP) is 4.88. The van der Waals surface area contributed by atoms with Crippen molar-refractivity contribution in [2.24, 2.45) is 5.92 Å². The maximum absolute atomic E-state index is 14.0. The topological polar surface area (TPSA) is 104 Å². The van der Waals surface area contributed by atoms with Gasteiger partial charge in [-0.05, 0) is 35.9 Å². The number of fused-ring (bicyclic) bond motifs is 1. The van der Waals surface area contributed by atoms with E-state index in [0.717, 1.165) is 4.57 Å². The Morgan fingerprint density at radius 2 is 1.68 bits per heavy atom. The molecule has 0 bridgehead atoms. The molecular formula is C28H27ClF4N2O6. The average molecular weight is 599 g/mol. The fraction of sp³-hybridized carbons (Fsp3) is 0.357. The summed E-state index contributed by atoms with van der Waals surface area (Å²) in [4.78, 5) is 51.8. The van der Waals surface area contributed by atoms with Crippen LogP contribution in [0.15, 0.2) is 41.3 Å². The van der Waals surface area contributed by atoms with Crippen LogP contribution in [-0.2, 0) is 19.1 Å². The van der Waals surface area contributed by atoms with E-state index in [-0.39, 0.29) is 30.4 Å². The highest BCUT2D eigenvalue weighted by Gasteiger charge is 2.30. The van der Waals surface area contributed by atoms with Gasteiger partial charge in [0.05, 0.1) is 13.0 Å². The summed E-state index contributed by atoms with van der Waals surface area (Å²) in [5, 5.41) is 3.50. The van der Waals surface area contributed by atoms with Crippen LogP contribution in [0.3, 0.4) is 0 Å². The van der Waals surface area contributed by atoms with Crippen LogP contribution >= 0.6 is 11.6 Å². The van der Waals surface area contributed by atoms with Gasteiger partial charge in [-0.25, -0.2) is 8.78 Å². The van der Waals surface area contributed by atoms with Crippen LogP contribution in [0.4, 0.5) is 17.6 Å². The van der Waals surface area contributed by atoms with Gasteiger partial charge in [0, 0.05) is 22.7 Å². The van der Waals surface area contributed by atoms with Crippen LogP contribution in [0.25, 0.3) is 10.8 Å². The number of benzene rings is 2. The fourth-order valence-electron chi connectivity index (χ4n) is 3.90. The number of rotatable bonds is 12. The molecule has 1 amide bonds. The molecule has 2 aromatic carbocycles. The largest absolute Gasteiger partial charge is 0.479 e. The minimum atomic E-state index is -1.87. The Labute approximate surface area is 237 Å². The number of amides is 1. The second kappa shape index (κ2) is 13.6. The molecular weight excluding hydrogens is 572 g/mol. The monoisotopic (exact) mass is 598 g/mol. The van der Waals surface area contributed by atoms with Crippen molar-refractivity contribution in [2.75, 3.05) is 13.2 Å². The Balaban J connectivity index is 1.87. The van der Waals surface area contributed by atoms with E-state index in [1.54, 1.807) is 39.0 Å². The zero-order valence-corrected chi connectivity index (χ0v) is 23.1. The van der Waals surface area contributed by atoms with E-state index in [0.29, 0.717) is 10.4 Å². The number of pyridine rings is 1. The van der Waals surface area contributed by atoms with E-state index in [2.05, 4.69) is 5.32 Å². The Bertz CT molecular complexity index is 1500. The number of Topliss-reactive ketones (excluding diaryl/α,β-unsaturated/α-hetero) is 1. The number of hydrogen-bond acceptors (Lipinski definition) is 6. The molecule has 41 heavy (non-hydrogen) atoms. The molecule has 0 radical (unpaired) electrons. The third kappa shape index (κ3) is 7.63. The molecule has 0 fully saturated rings. The van der Waals surface area contributed by atoms with E-state index in [1.165, 1.54) is 12.3 Å². The maximum Gasteiger partial charge on any atom is 0.308 e. The third-order valence-electron chi connectivity index (χ3n) is 6.00. The van der Waals surface area contributed by atoms with Crippen LogP contribution < -0.4 is 15.6 Å². The van der Waals surface area contributed by atoms with Gasteiger partial charge in [0.25, 0.3) is 5.56 Å². The quantitative estimate of drug-likeness (QED) is 0.181. The molecule has 0 spiro atoms. The third-order valence-corrected chi connectivity index (χ3v) is 6.24. The first-order valence-electron chi connectivity index (χ1n) is 12.6. The molecule has 13 heteroatoms. The number of nitrogens with one attached hydrogen (secondary N) is 1. The van der Waals surface area contributed by atoms with Crippen LogP contribution in [0, 0.1) is 29.2 Å². The number of esters is 1. The summed E-state index contributed by atoms with van der Waals surface area (Å²) in [5.41, 5.74) is -0.534. The van der Waals surface area contributed by atoms with Gasteiger partial charge >= 0.3 is 5.97 Å². The number of nitrogens with zero attached hydrogens (tertiary/aromatic N) is 1. The second-order valence-electron chi connectivity index (χ2n) is 9.58. The van der Waals surface area contributed by atoms with Gasteiger partial charge in [-0.2, -0.15) is 8.78 Å². The summed E-state index contributed by atoms with van der Waals surface area (Å²) >= 11 is 6.02. The second-order valence-corrected chi connectivity index (χ2v) is 10.0. The van der Waals surface area contributed by atoms with E-state index in [1.807, 2.05) is 0 Å². The van der Waals surface area contributed by atoms with Crippen molar-refractivity contribution in [1.29, 1.82) is 0 Å². The lowest BCUT2D eigenvalue weighted by Crippen LogP contribution is -2.48. The molecule has 0 saturated carbocycles. The highest BCUT2D eigenvalue weighted by atomic mass is 35.5. The Hall–Kier alpha value is -3.93. The van der Waals surface area contributed by atoms with E-state index < -0.39 is 77.3 Å². The molecule has 1 aromatic heterocycles. The van der Waals surface area contributed by atoms with Crippen LogP contribution in [0.1, 0.15) is 39.7 Å². The lowest BCUT2D eigenvalue weighted by Gasteiger charge is -2.23. The number of carbonyl (C=O) groups excluding carboxylic acids is 3. The van der Waals surface area contributed by atoms with Gasteiger partial charge in [-0.15, -0.1) is 0 Å². The van der Waals surface area contributed by atoms with Crippen molar-refractivity contribution in [3.8, 4) is 5.75 Å². The highest BCUT2D eigenvalue weighted by Crippen LogP contribution is 2.26. The summed E-state index contributed by atoms with van der Waals surface area (Å²) in [7, 11) is 0. The Morgan fingerprint density at radius 3 is 2.29 bits per heavy atom. The van der Waals surface area contributed by atoms with Gasteiger partial charge in [0.2, 0.25) is 17.5 Å². The van der Waals surface area contributed by atoms with Crippen molar-refractivity contribution in [1.82, 2.24) is 9.88 Å². The predicted molar refractivity (Wildman–Crippen MR) is 142 cm³/mol. The number of ether oxygens (including phenoxy) is 2. The van der Waals surface area contributed by atoms with Crippen LogP contribution in [0.2, 0.25) is 5.02 Å². The van der Waals surface area contributed by atoms with E-state index in [4.69, 9.17) is 21.1 Å². The molecule has 1 heterocycles. The molecule has 220 valence electrons. The first-order valence-corrected chi connectivity index (χ1v) is 13.0. The molecule has 3 rings (SSSR count). The molecule has 0 aliphatic heterocycles. The molecule has 2 unspecified atom stereocenters. The number of halogens is 5. The zero-order chi connectivity index (χ0) is 30.4. The van der Waals surface area contributed by atoms with Gasteiger partial charge in [-0.3, -0.25) is 19.2 Å². The molecule has 1 N–H and O–H groups in total. The standard InChI is InChI=1S/C28H27ClF4N2O6/c1-4-21(35-8-7-15-5-6-16(29)9-17(15)28(35)39)27(38)34-20(11-23(37)40-12-14(2)3)22(36)13-41-26-24(32)18(30)10-19(31)25(26)33/h5-10,14,20-21H,4,11-13H2,1-3H3,(H,34,38). The Morgan fingerprint density at radius 1 is 1.02 bits per heavy atom. The lowest BCUT2D eigenvalue weighted by molar-refractivity contribution is -0.147. The van der Waals surface area contributed by atoms with Crippen LogP contribution in [0.5, 0.6) is 5.75 Å². The van der Waals surface area contributed by atoms with Crippen LogP contribution in [-0.4, -0.2) is 41.5 Å². The molecule has 2 atom stereocenters. The average Bonchev–Trinajstić information content (AvgIpc) is 2.92. The zero-order valence-electron chi connectivity index (χ0n) is 22.3. The fourth-order valence-corrected chi connectivity index (χ4v) is 4.07. The van der Waals surface area contributed by atoms with Crippen molar-refractivity contribution < 1.29 is 41.4 Å². The summed E-state index contributed by atoms with van der Waals surface area (Å²) < 4.78 is 66.0. The maximum atomic E-state index is 14.0. The van der Waals surface area contributed by atoms with Crippen molar-refractivity contribution >= 4 is 40.0 Å². The van der Waals surface area contributed by atoms with Crippen molar-refractivity contribution in [2.45, 2.75) is 45.7 Å². The van der Waals surface area contributed by atoms with Gasteiger partial charge in [0.15, 0.2) is 23.2 Å². The summed E-state index contributed by atoms with van der Waals surface area (Å²) in [5.74, 6) is -11.5. The molecule has 0 aliphatic carbocycles. The Kier molecular flexibility index (Phi) is 10.5. The smallest absolute Gasteiger partial charge is 0.308 e. The molecule has 0 saturated heterocycles. The lowest BCUT2D eigenvalue weighted by atomic mass is 10.1.